The summed E-state index contributed by atoms with van der Waals surface area (Å²) in [6, 6.07) is 5.46. The number of carbonyl (C=O) groups excluding carboxylic acids is 1. The number of methoxy groups -OCH3 is 1. The highest BCUT2D eigenvalue weighted by Gasteiger charge is 2.07. The lowest BCUT2D eigenvalue weighted by atomic mass is 10.1. The Morgan fingerprint density at radius 1 is 1.38 bits per heavy atom. The largest absolute Gasteiger partial charge is 0.493 e. The van der Waals surface area contributed by atoms with Crippen molar-refractivity contribution in [2.45, 2.75) is 20.3 Å². The second kappa shape index (κ2) is 6.28. The minimum absolute atomic E-state index is 0.00681. The summed E-state index contributed by atoms with van der Waals surface area (Å²) in [5.41, 5.74) is 1.65. The monoisotopic (exact) mass is 222 g/mol. The van der Waals surface area contributed by atoms with Crippen LogP contribution >= 0.6 is 0 Å². The number of ketones is 1. The maximum absolute atomic E-state index is 11.6. The van der Waals surface area contributed by atoms with E-state index in [2.05, 4.69) is 6.92 Å². The normalized spacial score (nSPS) is 10.2. The molecule has 0 saturated carbocycles. The lowest BCUT2D eigenvalue weighted by Gasteiger charge is -2.09. The molecule has 0 spiro atoms. The standard InChI is InChI=1S/C13H18O3/c1-4-7-16-13-6-5-11(8-10(13)2)12(14)9-15-3/h5-6,8H,4,7,9H2,1-3H3. The molecule has 0 aliphatic heterocycles. The minimum Gasteiger partial charge on any atom is -0.493 e. The summed E-state index contributed by atoms with van der Waals surface area (Å²) in [6.07, 6.45) is 0.976. The fourth-order valence-electron chi connectivity index (χ4n) is 1.41. The van der Waals surface area contributed by atoms with Gasteiger partial charge in [-0.15, -0.1) is 0 Å². The lowest BCUT2D eigenvalue weighted by molar-refractivity contribution is 0.0848. The van der Waals surface area contributed by atoms with Gasteiger partial charge >= 0.3 is 0 Å². The molecule has 0 heterocycles. The second-order valence-electron chi connectivity index (χ2n) is 3.68. The van der Waals surface area contributed by atoms with Crippen LogP contribution in [0.3, 0.4) is 0 Å². The molecule has 88 valence electrons. The summed E-state index contributed by atoms with van der Waals surface area (Å²) in [6.45, 7) is 4.82. The third kappa shape index (κ3) is 3.35. The molecule has 0 saturated heterocycles. The molecule has 0 unspecified atom stereocenters. The number of aryl methyl sites for hydroxylation is 1. The maximum atomic E-state index is 11.6. The molecule has 0 fully saturated rings. The molecular weight excluding hydrogens is 204 g/mol. The van der Waals surface area contributed by atoms with E-state index in [9.17, 15) is 4.79 Å². The molecule has 1 rings (SSSR count). The number of carbonyl (C=O) groups is 1. The maximum Gasteiger partial charge on any atom is 0.188 e. The molecule has 0 amide bonds. The first kappa shape index (κ1) is 12.7. The summed E-state index contributed by atoms with van der Waals surface area (Å²) < 4.78 is 10.4. The van der Waals surface area contributed by atoms with Crippen LogP contribution in [0.2, 0.25) is 0 Å². The lowest BCUT2D eigenvalue weighted by Crippen LogP contribution is -2.07. The molecule has 0 radical (unpaired) electrons. The quantitative estimate of drug-likeness (QED) is 0.694. The summed E-state index contributed by atoms with van der Waals surface area (Å²) in [5.74, 6) is 0.837. The smallest absolute Gasteiger partial charge is 0.188 e. The number of rotatable bonds is 6. The topological polar surface area (TPSA) is 35.5 Å². The van der Waals surface area contributed by atoms with Crippen LogP contribution in [0.15, 0.2) is 18.2 Å². The fraction of sp³-hybridized carbons (Fsp3) is 0.462. The highest BCUT2D eigenvalue weighted by Crippen LogP contribution is 2.19. The highest BCUT2D eigenvalue weighted by molar-refractivity contribution is 5.97. The predicted molar refractivity (Wildman–Crippen MR) is 63.2 cm³/mol. The molecule has 1 aromatic carbocycles. The van der Waals surface area contributed by atoms with Crippen molar-refractivity contribution in [1.29, 1.82) is 0 Å². The van der Waals surface area contributed by atoms with Crippen LogP contribution < -0.4 is 4.74 Å². The van der Waals surface area contributed by atoms with Crippen LogP contribution in [-0.4, -0.2) is 26.1 Å². The molecule has 16 heavy (non-hydrogen) atoms. The van der Waals surface area contributed by atoms with E-state index >= 15 is 0 Å². The van der Waals surface area contributed by atoms with Crippen molar-refractivity contribution < 1.29 is 14.3 Å². The van der Waals surface area contributed by atoms with Gasteiger partial charge in [0, 0.05) is 12.7 Å². The van der Waals surface area contributed by atoms with Gasteiger partial charge < -0.3 is 9.47 Å². The second-order valence-corrected chi connectivity index (χ2v) is 3.68. The molecule has 0 aromatic heterocycles. The van der Waals surface area contributed by atoms with Crippen LogP contribution in [0.25, 0.3) is 0 Å². The summed E-state index contributed by atoms with van der Waals surface area (Å²) in [5, 5.41) is 0. The average molecular weight is 222 g/mol. The van der Waals surface area contributed by atoms with Gasteiger partial charge in [0.05, 0.1) is 6.61 Å². The van der Waals surface area contributed by atoms with Crippen molar-refractivity contribution in [2.24, 2.45) is 0 Å². The number of hydrogen-bond acceptors (Lipinski definition) is 3. The van der Waals surface area contributed by atoms with Gasteiger partial charge in [0.1, 0.15) is 12.4 Å². The van der Waals surface area contributed by atoms with Gasteiger partial charge in [0.2, 0.25) is 0 Å². The van der Waals surface area contributed by atoms with E-state index in [-0.39, 0.29) is 12.4 Å². The number of Topliss-reactive ketones (excluding diaryl/α,β-unsaturated/α-hetero) is 1. The first-order chi connectivity index (χ1) is 7.69. The Hall–Kier alpha value is -1.35. The Morgan fingerprint density at radius 3 is 2.69 bits per heavy atom. The number of ether oxygens (including phenoxy) is 2. The minimum atomic E-state index is -0.00681. The first-order valence-electron chi connectivity index (χ1n) is 5.44. The van der Waals surface area contributed by atoms with Crippen LogP contribution in [-0.2, 0) is 4.74 Å². The Bertz CT molecular complexity index is 358. The van der Waals surface area contributed by atoms with Crippen LogP contribution in [0.5, 0.6) is 5.75 Å². The zero-order valence-corrected chi connectivity index (χ0v) is 10.1. The van der Waals surface area contributed by atoms with E-state index in [0.717, 1.165) is 17.7 Å². The van der Waals surface area contributed by atoms with Gasteiger partial charge in [0.25, 0.3) is 0 Å². The van der Waals surface area contributed by atoms with E-state index in [4.69, 9.17) is 9.47 Å². The van der Waals surface area contributed by atoms with E-state index in [1.165, 1.54) is 7.11 Å². The van der Waals surface area contributed by atoms with E-state index in [1.54, 1.807) is 6.07 Å². The van der Waals surface area contributed by atoms with Crippen LogP contribution in [0.1, 0.15) is 29.3 Å². The Kier molecular flexibility index (Phi) is 4.99. The van der Waals surface area contributed by atoms with E-state index in [1.807, 2.05) is 19.1 Å². The summed E-state index contributed by atoms with van der Waals surface area (Å²) in [7, 11) is 1.52. The van der Waals surface area contributed by atoms with Gasteiger partial charge in [-0.2, -0.15) is 0 Å². The Balaban J connectivity index is 2.78. The Labute approximate surface area is 96.4 Å². The van der Waals surface area contributed by atoms with Crippen LogP contribution in [0, 0.1) is 6.92 Å². The van der Waals surface area contributed by atoms with Crippen molar-refractivity contribution in [3.05, 3.63) is 29.3 Å². The van der Waals surface area contributed by atoms with Crippen molar-refractivity contribution in [3.8, 4) is 5.75 Å². The van der Waals surface area contributed by atoms with Crippen LogP contribution in [0.4, 0.5) is 0 Å². The van der Waals surface area contributed by atoms with Gasteiger partial charge in [-0.25, -0.2) is 0 Å². The highest BCUT2D eigenvalue weighted by atomic mass is 16.5. The molecule has 3 heteroatoms. The molecule has 0 bridgehead atoms. The predicted octanol–water partition coefficient (Wildman–Crippen LogP) is 2.61. The van der Waals surface area contributed by atoms with E-state index < -0.39 is 0 Å². The van der Waals surface area contributed by atoms with Gasteiger partial charge in [-0.3, -0.25) is 4.79 Å². The molecule has 0 N–H and O–H groups in total. The van der Waals surface area contributed by atoms with Crippen molar-refractivity contribution >= 4 is 5.78 Å². The molecule has 0 aliphatic carbocycles. The fourth-order valence-corrected chi connectivity index (χ4v) is 1.41. The molecular formula is C13H18O3. The molecule has 0 aliphatic rings. The van der Waals surface area contributed by atoms with Crippen molar-refractivity contribution in [3.63, 3.8) is 0 Å². The summed E-state index contributed by atoms with van der Waals surface area (Å²) >= 11 is 0. The number of hydrogen-bond donors (Lipinski definition) is 0. The van der Waals surface area contributed by atoms with Crippen molar-refractivity contribution in [2.75, 3.05) is 20.3 Å². The van der Waals surface area contributed by atoms with Gasteiger partial charge in [-0.05, 0) is 37.1 Å². The van der Waals surface area contributed by atoms with Gasteiger partial charge in [0.15, 0.2) is 5.78 Å². The zero-order valence-electron chi connectivity index (χ0n) is 10.1. The van der Waals surface area contributed by atoms with E-state index in [0.29, 0.717) is 12.2 Å². The van der Waals surface area contributed by atoms with Gasteiger partial charge in [-0.1, -0.05) is 6.92 Å². The molecule has 0 atom stereocenters. The molecule has 1 aromatic rings. The molecule has 3 nitrogen and oxygen atoms in total. The average Bonchev–Trinajstić information content (AvgIpc) is 2.27. The SMILES string of the molecule is CCCOc1ccc(C(=O)COC)cc1C. The number of benzene rings is 1. The Morgan fingerprint density at radius 2 is 2.12 bits per heavy atom. The first-order valence-corrected chi connectivity index (χ1v) is 5.44. The third-order valence-corrected chi connectivity index (χ3v) is 2.23. The summed E-state index contributed by atoms with van der Waals surface area (Å²) in [4.78, 5) is 11.6. The van der Waals surface area contributed by atoms with Crippen molar-refractivity contribution in [1.82, 2.24) is 0 Å². The third-order valence-electron chi connectivity index (χ3n) is 2.23. The zero-order chi connectivity index (χ0) is 12.0.